The summed E-state index contributed by atoms with van der Waals surface area (Å²) in [5.74, 6) is 0.601. The Morgan fingerprint density at radius 1 is 1.14 bits per heavy atom. The first-order valence-electron chi connectivity index (χ1n) is 7.67. The molecule has 0 heterocycles. The maximum atomic E-state index is 3.83. The second-order valence-electron chi connectivity index (χ2n) is 5.57. The molecule has 1 aromatic rings. The molecule has 0 bridgehead atoms. The first-order chi connectivity index (χ1) is 9.38. The molecule has 0 aromatic heterocycles. The standard InChI is InChI=1S/C15H22.C3H6.C2H6.CH4/c1-6-10-15(4,5)14-9-7-8-13(11-14)12(2)3;1-3-2;1-2;/h6-9,11-12H,1,10H2,2-5H3;3H,1H2,2H3;1-2H3;1H4. The summed E-state index contributed by atoms with van der Waals surface area (Å²) >= 11 is 0. The Morgan fingerprint density at radius 3 is 2.00 bits per heavy atom. The fourth-order valence-corrected chi connectivity index (χ4v) is 1.80. The summed E-state index contributed by atoms with van der Waals surface area (Å²) in [6.45, 7) is 22.1. The van der Waals surface area contributed by atoms with Crippen LogP contribution in [0.5, 0.6) is 0 Å². The highest BCUT2D eigenvalue weighted by atomic mass is 14.2. The number of allylic oxidation sites excluding steroid dienone is 2. The van der Waals surface area contributed by atoms with Crippen molar-refractivity contribution in [2.24, 2.45) is 0 Å². The van der Waals surface area contributed by atoms with Gasteiger partial charge in [-0.25, -0.2) is 0 Å². The molecule has 1 aromatic carbocycles. The molecule has 0 spiro atoms. The van der Waals surface area contributed by atoms with Crippen molar-refractivity contribution in [2.45, 2.75) is 73.6 Å². The molecule has 0 aliphatic carbocycles. The van der Waals surface area contributed by atoms with Gasteiger partial charge in [0.05, 0.1) is 0 Å². The third kappa shape index (κ3) is 10.1. The first kappa shape index (κ1) is 24.7. The molecule has 0 N–H and O–H groups in total. The fourth-order valence-electron chi connectivity index (χ4n) is 1.80. The van der Waals surface area contributed by atoms with Crippen LogP contribution in [0.3, 0.4) is 0 Å². The predicted octanol–water partition coefficient (Wildman–Crippen LogP) is 7.52. The molecule has 0 saturated carbocycles. The molecule has 0 aliphatic rings. The Bertz CT molecular complexity index is 369. The van der Waals surface area contributed by atoms with Gasteiger partial charge in [-0.15, -0.1) is 13.2 Å². The molecule has 21 heavy (non-hydrogen) atoms. The molecule has 0 atom stereocenters. The van der Waals surface area contributed by atoms with Gasteiger partial charge in [0.1, 0.15) is 0 Å². The SMILES string of the molecule is C.C=CC.C=CCC(C)(C)c1cccc(C(C)C)c1.CC. The average molecular weight is 291 g/mol. The van der Waals surface area contributed by atoms with E-state index in [0.29, 0.717) is 5.92 Å². The molecule has 0 aliphatic heterocycles. The van der Waals surface area contributed by atoms with Crippen LogP contribution < -0.4 is 0 Å². The van der Waals surface area contributed by atoms with Crippen LogP contribution in [0.15, 0.2) is 49.6 Å². The highest BCUT2D eigenvalue weighted by molar-refractivity contribution is 5.31. The highest BCUT2D eigenvalue weighted by Crippen LogP contribution is 2.29. The molecule has 0 heteroatoms. The van der Waals surface area contributed by atoms with Crippen molar-refractivity contribution >= 4 is 0 Å². The van der Waals surface area contributed by atoms with Gasteiger partial charge >= 0.3 is 0 Å². The van der Waals surface area contributed by atoms with Crippen LogP contribution >= 0.6 is 0 Å². The second-order valence-corrected chi connectivity index (χ2v) is 5.57. The lowest BCUT2D eigenvalue weighted by Crippen LogP contribution is -2.16. The van der Waals surface area contributed by atoms with Crippen molar-refractivity contribution in [3.05, 3.63) is 60.7 Å². The minimum atomic E-state index is 0. The summed E-state index contributed by atoms with van der Waals surface area (Å²) in [5, 5.41) is 0. The van der Waals surface area contributed by atoms with Gasteiger partial charge in [0.2, 0.25) is 0 Å². The normalized spacial score (nSPS) is 9.33. The summed E-state index contributed by atoms with van der Waals surface area (Å²) in [6, 6.07) is 8.91. The highest BCUT2D eigenvalue weighted by Gasteiger charge is 2.19. The van der Waals surface area contributed by atoms with Crippen LogP contribution in [0.4, 0.5) is 0 Å². The van der Waals surface area contributed by atoms with Crippen molar-refractivity contribution < 1.29 is 0 Å². The van der Waals surface area contributed by atoms with Crippen LogP contribution in [0.25, 0.3) is 0 Å². The Morgan fingerprint density at radius 2 is 1.62 bits per heavy atom. The van der Waals surface area contributed by atoms with E-state index < -0.39 is 0 Å². The number of hydrogen-bond donors (Lipinski definition) is 0. The van der Waals surface area contributed by atoms with Crippen LogP contribution in [-0.2, 0) is 5.41 Å². The molecule has 122 valence electrons. The van der Waals surface area contributed by atoms with E-state index in [2.05, 4.69) is 65.1 Å². The lowest BCUT2D eigenvalue weighted by Gasteiger charge is -2.24. The van der Waals surface area contributed by atoms with Gasteiger partial charge in [-0.1, -0.05) is 85.4 Å². The summed E-state index contributed by atoms with van der Waals surface area (Å²) in [4.78, 5) is 0. The van der Waals surface area contributed by atoms with Crippen LogP contribution in [0.2, 0.25) is 0 Å². The van der Waals surface area contributed by atoms with Crippen molar-refractivity contribution in [1.29, 1.82) is 0 Å². The molecule has 0 unspecified atom stereocenters. The largest absolute Gasteiger partial charge is 0.103 e. The van der Waals surface area contributed by atoms with Gasteiger partial charge in [0.25, 0.3) is 0 Å². The van der Waals surface area contributed by atoms with Crippen molar-refractivity contribution in [1.82, 2.24) is 0 Å². The zero-order valence-corrected chi connectivity index (χ0v) is 14.7. The third-order valence-electron chi connectivity index (χ3n) is 2.99. The van der Waals surface area contributed by atoms with E-state index in [9.17, 15) is 0 Å². The van der Waals surface area contributed by atoms with Gasteiger partial charge in [0.15, 0.2) is 0 Å². The summed E-state index contributed by atoms with van der Waals surface area (Å²) in [7, 11) is 0. The van der Waals surface area contributed by atoms with Gasteiger partial charge in [-0.3, -0.25) is 0 Å². The molecular formula is C21H38. The van der Waals surface area contributed by atoms with Gasteiger partial charge in [-0.2, -0.15) is 0 Å². The van der Waals surface area contributed by atoms with Gasteiger partial charge in [-0.05, 0) is 35.8 Å². The van der Waals surface area contributed by atoms with Crippen LogP contribution in [0.1, 0.15) is 79.4 Å². The van der Waals surface area contributed by atoms with E-state index in [4.69, 9.17) is 0 Å². The minimum absolute atomic E-state index is 0. The van der Waals surface area contributed by atoms with Crippen LogP contribution in [0, 0.1) is 0 Å². The maximum Gasteiger partial charge on any atom is -0.00691 e. The second kappa shape index (κ2) is 13.7. The maximum absolute atomic E-state index is 3.83. The minimum Gasteiger partial charge on any atom is -0.103 e. The van der Waals surface area contributed by atoms with Gasteiger partial charge < -0.3 is 0 Å². The average Bonchev–Trinajstić information content (AvgIpc) is 2.42. The van der Waals surface area contributed by atoms with E-state index >= 15 is 0 Å². The molecule has 0 fully saturated rings. The zero-order valence-electron chi connectivity index (χ0n) is 14.7. The summed E-state index contributed by atoms with van der Waals surface area (Å²) in [6.07, 6.45) is 4.77. The fraction of sp³-hybridized carbons (Fsp3) is 0.524. The smallest absolute Gasteiger partial charge is 0.00691 e. The Balaban J connectivity index is -0.000000479. The molecular weight excluding hydrogens is 252 g/mol. The first-order valence-corrected chi connectivity index (χ1v) is 7.67. The predicted molar refractivity (Wildman–Crippen MR) is 102 cm³/mol. The lowest BCUT2D eigenvalue weighted by molar-refractivity contribution is 0.533. The third-order valence-corrected chi connectivity index (χ3v) is 2.99. The van der Waals surface area contributed by atoms with E-state index in [1.54, 1.807) is 6.08 Å². The van der Waals surface area contributed by atoms with Crippen LogP contribution in [-0.4, -0.2) is 0 Å². The Hall–Kier alpha value is -1.30. The van der Waals surface area contributed by atoms with Crippen molar-refractivity contribution in [2.75, 3.05) is 0 Å². The monoisotopic (exact) mass is 290 g/mol. The number of hydrogen-bond acceptors (Lipinski definition) is 0. The molecule has 0 nitrogen and oxygen atoms in total. The topological polar surface area (TPSA) is 0 Å². The van der Waals surface area contributed by atoms with E-state index in [1.165, 1.54) is 11.1 Å². The van der Waals surface area contributed by atoms with E-state index in [-0.39, 0.29) is 12.8 Å². The molecule has 0 amide bonds. The van der Waals surface area contributed by atoms with Gasteiger partial charge in [0, 0.05) is 0 Å². The van der Waals surface area contributed by atoms with E-state index in [1.807, 2.05) is 26.8 Å². The number of benzene rings is 1. The number of rotatable bonds is 4. The zero-order chi connectivity index (χ0) is 16.2. The summed E-state index contributed by atoms with van der Waals surface area (Å²) < 4.78 is 0. The summed E-state index contributed by atoms with van der Waals surface area (Å²) in [5.41, 5.74) is 3.03. The molecule has 0 radical (unpaired) electrons. The lowest BCUT2D eigenvalue weighted by atomic mass is 9.80. The Labute approximate surface area is 135 Å². The quantitative estimate of drug-likeness (QED) is 0.503. The van der Waals surface area contributed by atoms with Crippen molar-refractivity contribution in [3.8, 4) is 0 Å². The molecule has 0 saturated heterocycles. The van der Waals surface area contributed by atoms with Crippen molar-refractivity contribution in [3.63, 3.8) is 0 Å². The Kier molecular flexibility index (Phi) is 16.1. The van der Waals surface area contributed by atoms with E-state index in [0.717, 1.165) is 6.42 Å². The molecule has 1 rings (SSSR count).